The molecule has 1 aliphatic heterocycles. The monoisotopic (exact) mass is 239 g/mol. The highest BCUT2D eigenvalue weighted by molar-refractivity contribution is 6.30. The third kappa shape index (κ3) is 2.33. The fourth-order valence-electron chi connectivity index (χ4n) is 2.21. The van der Waals surface area contributed by atoms with E-state index in [1.807, 2.05) is 19.2 Å². The van der Waals surface area contributed by atoms with Crippen LogP contribution in [0.1, 0.15) is 24.5 Å². The summed E-state index contributed by atoms with van der Waals surface area (Å²) in [7, 11) is 2.00. The van der Waals surface area contributed by atoms with Gasteiger partial charge in [0.05, 0.1) is 6.61 Å². The van der Waals surface area contributed by atoms with Gasteiger partial charge < -0.3 is 10.1 Å². The number of ether oxygens (including phenoxy) is 1. The van der Waals surface area contributed by atoms with Crippen LogP contribution < -0.4 is 10.1 Å². The fraction of sp³-hybridized carbons (Fsp3) is 0.538. The largest absolute Gasteiger partial charge is 0.493 e. The van der Waals surface area contributed by atoms with Crippen molar-refractivity contribution in [2.24, 2.45) is 0 Å². The highest BCUT2D eigenvalue weighted by Crippen LogP contribution is 2.33. The van der Waals surface area contributed by atoms with Gasteiger partial charge in [-0.15, -0.1) is 0 Å². The van der Waals surface area contributed by atoms with Crippen molar-refractivity contribution in [2.75, 3.05) is 13.7 Å². The van der Waals surface area contributed by atoms with Gasteiger partial charge in [-0.25, -0.2) is 0 Å². The summed E-state index contributed by atoms with van der Waals surface area (Å²) in [6.07, 6.45) is 3.08. The van der Waals surface area contributed by atoms with E-state index in [4.69, 9.17) is 16.3 Å². The average molecular weight is 240 g/mol. The van der Waals surface area contributed by atoms with Crippen LogP contribution in [0.3, 0.4) is 0 Å². The second-order valence-corrected chi connectivity index (χ2v) is 4.69. The number of benzene rings is 1. The van der Waals surface area contributed by atoms with Gasteiger partial charge in [0.2, 0.25) is 0 Å². The van der Waals surface area contributed by atoms with E-state index >= 15 is 0 Å². The van der Waals surface area contributed by atoms with E-state index in [9.17, 15) is 0 Å². The molecule has 1 aromatic rings. The van der Waals surface area contributed by atoms with E-state index in [2.05, 4.69) is 12.2 Å². The van der Waals surface area contributed by atoms with Gasteiger partial charge in [-0.3, -0.25) is 0 Å². The quantitative estimate of drug-likeness (QED) is 0.873. The minimum Gasteiger partial charge on any atom is -0.493 e. The van der Waals surface area contributed by atoms with E-state index in [1.54, 1.807) is 0 Å². The summed E-state index contributed by atoms with van der Waals surface area (Å²) in [5, 5.41) is 4.14. The molecule has 1 unspecified atom stereocenters. The van der Waals surface area contributed by atoms with Gasteiger partial charge in [0.25, 0.3) is 0 Å². The van der Waals surface area contributed by atoms with Crippen LogP contribution in [0.2, 0.25) is 5.02 Å². The van der Waals surface area contributed by atoms with Crippen molar-refractivity contribution >= 4 is 11.6 Å². The molecule has 1 aromatic carbocycles. The Kier molecular flexibility index (Phi) is 3.72. The Morgan fingerprint density at radius 3 is 3.00 bits per heavy atom. The zero-order chi connectivity index (χ0) is 11.5. The smallest absolute Gasteiger partial charge is 0.125 e. The van der Waals surface area contributed by atoms with Crippen molar-refractivity contribution in [1.82, 2.24) is 5.32 Å². The minimum atomic E-state index is 0.492. The lowest BCUT2D eigenvalue weighted by molar-refractivity contribution is 0.351. The molecule has 1 atom stereocenters. The molecule has 0 aromatic heterocycles. The molecule has 2 nitrogen and oxygen atoms in total. The summed E-state index contributed by atoms with van der Waals surface area (Å²) >= 11 is 6.12. The lowest BCUT2D eigenvalue weighted by Gasteiger charge is -2.16. The van der Waals surface area contributed by atoms with Crippen LogP contribution in [0.4, 0.5) is 0 Å². The molecule has 0 fully saturated rings. The first kappa shape index (κ1) is 11.7. The lowest BCUT2D eigenvalue weighted by Crippen LogP contribution is -2.26. The Morgan fingerprint density at radius 1 is 1.50 bits per heavy atom. The van der Waals surface area contributed by atoms with Crippen LogP contribution in [-0.4, -0.2) is 19.7 Å². The number of halogens is 1. The topological polar surface area (TPSA) is 21.3 Å². The molecule has 88 valence electrons. The molecule has 0 saturated carbocycles. The van der Waals surface area contributed by atoms with E-state index in [-0.39, 0.29) is 0 Å². The van der Waals surface area contributed by atoms with E-state index < -0.39 is 0 Å². The van der Waals surface area contributed by atoms with Crippen molar-refractivity contribution < 1.29 is 4.74 Å². The van der Waals surface area contributed by atoms with Crippen molar-refractivity contribution in [3.63, 3.8) is 0 Å². The second-order valence-electron chi connectivity index (χ2n) is 4.25. The Balaban J connectivity index is 2.26. The predicted octanol–water partition coefficient (Wildman–Crippen LogP) is 2.82. The van der Waals surface area contributed by atoms with Crippen molar-refractivity contribution in [3.05, 3.63) is 28.3 Å². The summed E-state index contributed by atoms with van der Waals surface area (Å²) in [5.41, 5.74) is 2.50. The van der Waals surface area contributed by atoms with Gasteiger partial charge in [0.15, 0.2) is 0 Å². The van der Waals surface area contributed by atoms with Gasteiger partial charge in [0.1, 0.15) is 5.75 Å². The Labute approximate surface area is 102 Å². The molecule has 2 rings (SSSR count). The number of likely N-dealkylation sites (N-methyl/N-ethyl adjacent to an activating group) is 1. The molecule has 0 spiro atoms. The molecular weight excluding hydrogens is 222 g/mol. The Hall–Kier alpha value is -0.730. The summed E-state index contributed by atoms with van der Waals surface area (Å²) in [5.74, 6) is 1.07. The molecule has 1 heterocycles. The lowest BCUT2D eigenvalue weighted by atomic mass is 10.0. The first-order valence-corrected chi connectivity index (χ1v) is 6.23. The number of hydrogen-bond donors (Lipinski definition) is 1. The first-order valence-electron chi connectivity index (χ1n) is 5.86. The molecule has 1 aliphatic rings. The molecular formula is C13H18ClNO. The maximum absolute atomic E-state index is 6.12. The molecule has 0 radical (unpaired) electrons. The first-order chi connectivity index (χ1) is 7.74. The summed E-state index contributed by atoms with van der Waals surface area (Å²) in [6.45, 7) is 2.98. The van der Waals surface area contributed by atoms with E-state index in [0.717, 1.165) is 36.6 Å². The standard InChI is InChI=1S/C13H18ClNO/c1-3-12(15-2)8-10-7-11(14)6-9-4-5-16-13(9)10/h6-7,12,15H,3-5,8H2,1-2H3. The molecule has 0 aliphatic carbocycles. The van der Waals surface area contributed by atoms with Gasteiger partial charge >= 0.3 is 0 Å². The zero-order valence-electron chi connectivity index (χ0n) is 9.85. The second kappa shape index (κ2) is 5.07. The maximum atomic E-state index is 6.12. The third-order valence-electron chi connectivity index (χ3n) is 3.19. The van der Waals surface area contributed by atoms with Gasteiger partial charge in [-0.05, 0) is 43.1 Å². The van der Waals surface area contributed by atoms with Gasteiger partial charge in [-0.2, -0.15) is 0 Å². The molecule has 1 N–H and O–H groups in total. The van der Waals surface area contributed by atoms with E-state index in [1.165, 1.54) is 11.1 Å². The molecule has 0 bridgehead atoms. The Bertz CT molecular complexity index is 374. The maximum Gasteiger partial charge on any atom is 0.125 e. The van der Waals surface area contributed by atoms with E-state index in [0.29, 0.717) is 6.04 Å². The Morgan fingerprint density at radius 2 is 2.31 bits per heavy atom. The van der Waals surface area contributed by atoms with Gasteiger partial charge in [-0.1, -0.05) is 18.5 Å². The van der Waals surface area contributed by atoms with Crippen LogP contribution >= 0.6 is 11.6 Å². The van der Waals surface area contributed by atoms with Gasteiger partial charge in [0, 0.05) is 17.5 Å². The third-order valence-corrected chi connectivity index (χ3v) is 3.41. The average Bonchev–Trinajstić information content (AvgIpc) is 2.73. The SMILES string of the molecule is CCC(Cc1cc(Cl)cc2c1OCC2)NC. The van der Waals surface area contributed by atoms with Crippen molar-refractivity contribution in [1.29, 1.82) is 0 Å². The molecule has 16 heavy (non-hydrogen) atoms. The highest BCUT2D eigenvalue weighted by atomic mass is 35.5. The van der Waals surface area contributed by atoms with Crippen LogP contribution in [0.25, 0.3) is 0 Å². The van der Waals surface area contributed by atoms with Crippen LogP contribution in [0.5, 0.6) is 5.75 Å². The van der Waals surface area contributed by atoms with Crippen molar-refractivity contribution in [2.45, 2.75) is 32.2 Å². The molecule has 3 heteroatoms. The molecule has 0 amide bonds. The number of hydrogen-bond acceptors (Lipinski definition) is 2. The number of nitrogens with one attached hydrogen (secondary N) is 1. The normalized spacial score (nSPS) is 15.7. The number of fused-ring (bicyclic) bond motifs is 1. The summed E-state index contributed by atoms with van der Waals surface area (Å²) < 4.78 is 5.69. The van der Waals surface area contributed by atoms with Crippen LogP contribution in [-0.2, 0) is 12.8 Å². The zero-order valence-corrected chi connectivity index (χ0v) is 10.6. The predicted molar refractivity (Wildman–Crippen MR) is 67.5 cm³/mol. The van der Waals surface area contributed by atoms with Crippen molar-refractivity contribution in [3.8, 4) is 5.75 Å². The molecule has 0 saturated heterocycles. The van der Waals surface area contributed by atoms with Crippen LogP contribution in [0, 0.1) is 0 Å². The highest BCUT2D eigenvalue weighted by Gasteiger charge is 2.19. The summed E-state index contributed by atoms with van der Waals surface area (Å²) in [6, 6.07) is 4.55. The summed E-state index contributed by atoms with van der Waals surface area (Å²) in [4.78, 5) is 0. The van der Waals surface area contributed by atoms with Crippen LogP contribution in [0.15, 0.2) is 12.1 Å². The minimum absolute atomic E-state index is 0.492. The fourth-order valence-corrected chi connectivity index (χ4v) is 2.48. The number of rotatable bonds is 4.